The number of hydrogen-bond acceptors (Lipinski definition) is 7. The number of amides is 2. The zero-order valence-corrected chi connectivity index (χ0v) is 22.0. The molecule has 0 bridgehead atoms. The van der Waals surface area contributed by atoms with Crippen molar-refractivity contribution >= 4 is 23.2 Å². The average molecular weight is 523 g/mol. The van der Waals surface area contributed by atoms with Gasteiger partial charge in [-0.05, 0) is 67.6 Å². The molecule has 1 atom stereocenters. The van der Waals surface area contributed by atoms with Crippen molar-refractivity contribution in [2.75, 3.05) is 33.6 Å². The molecule has 0 N–H and O–H groups in total. The smallest absolute Gasteiger partial charge is 0.254 e. The normalized spacial score (nSPS) is 15.9. The standard InChI is InChI=1S/C28H30N2O6S/c1-18(2)30(28(32)19-7-8-24-25(13-19)36-17-35-24)15-27(31)29-11-9-26-22(10-12-37-26)23(29)16-34-21-6-4-5-20(14-21)33-3/h4-8,10,12-14,18,23H,9,11,15-17H2,1-3H3/t23-/m1/s1. The van der Waals surface area contributed by atoms with E-state index < -0.39 is 0 Å². The molecule has 0 saturated heterocycles. The van der Waals surface area contributed by atoms with Gasteiger partial charge < -0.3 is 28.7 Å². The maximum atomic E-state index is 13.7. The van der Waals surface area contributed by atoms with E-state index >= 15 is 0 Å². The third-order valence-electron chi connectivity index (χ3n) is 6.67. The van der Waals surface area contributed by atoms with Crippen LogP contribution in [0.25, 0.3) is 0 Å². The SMILES string of the molecule is COc1cccc(OC[C@@H]2c3ccsc3CCN2C(=O)CN(C(=O)c2ccc3c(c2)OCO3)C(C)C)c1. The average Bonchev–Trinajstić information content (AvgIpc) is 3.59. The van der Waals surface area contributed by atoms with Gasteiger partial charge in [0.2, 0.25) is 12.7 Å². The Morgan fingerprint density at radius 3 is 2.73 bits per heavy atom. The molecule has 0 fully saturated rings. The largest absolute Gasteiger partial charge is 0.497 e. The highest BCUT2D eigenvalue weighted by Crippen LogP contribution is 2.35. The van der Waals surface area contributed by atoms with Crippen LogP contribution in [0.15, 0.2) is 53.9 Å². The van der Waals surface area contributed by atoms with Gasteiger partial charge in [-0.1, -0.05) is 6.07 Å². The second-order valence-electron chi connectivity index (χ2n) is 9.24. The molecular formula is C28H30N2O6S. The molecule has 2 aliphatic heterocycles. The summed E-state index contributed by atoms with van der Waals surface area (Å²) in [6.45, 7) is 4.81. The fourth-order valence-corrected chi connectivity index (χ4v) is 5.59. The first-order valence-corrected chi connectivity index (χ1v) is 13.2. The van der Waals surface area contributed by atoms with Crippen molar-refractivity contribution in [3.63, 3.8) is 0 Å². The number of ether oxygens (including phenoxy) is 4. The molecule has 37 heavy (non-hydrogen) atoms. The van der Waals surface area contributed by atoms with Crippen LogP contribution in [0.4, 0.5) is 0 Å². The molecule has 194 valence electrons. The van der Waals surface area contributed by atoms with Crippen molar-refractivity contribution in [3.8, 4) is 23.0 Å². The lowest BCUT2D eigenvalue weighted by Crippen LogP contribution is -2.49. The second-order valence-corrected chi connectivity index (χ2v) is 10.2. The lowest BCUT2D eigenvalue weighted by atomic mass is 10.00. The molecule has 2 aromatic carbocycles. The fraction of sp³-hybridized carbons (Fsp3) is 0.357. The van der Waals surface area contributed by atoms with E-state index in [4.69, 9.17) is 18.9 Å². The number of methoxy groups -OCH3 is 1. The Morgan fingerprint density at radius 1 is 1.11 bits per heavy atom. The first-order chi connectivity index (χ1) is 17.9. The Morgan fingerprint density at radius 2 is 1.92 bits per heavy atom. The molecule has 0 aliphatic carbocycles. The van der Waals surface area contributed by atoms with Gasteiger partial charge in [-0.25, -0.2) is 0 Å². The van der Waals surface area contributed by atoms with Crippen molar-refractivity contribution in [2.24, 2.45) is 0 Å². The summed E-state index contributed by atoms with van der Waals surface area (Å²) in [7, 11) is 1.61. The van der Waals surface area contributed by atoms with Crippen LogP contribution in [0.1, 0.15) is 40.7 Å². The number of carbonyl (C=O) groups excluding carboxylic acids is 2. The van der Waals surface area contributed by atoms with E-state index in [-0.39, 0.29) is 37.2 Å². The Bertz CT molecular complexity index is 1290. The van der Waals surface area contributed by atoms with Crippen LogP contribution in [0, 0.1) is 0 Å². The highest BCUT2D eigenvalue weighted by molar-refractivity contribution is 7.10. The molecular weight excluding hydrogens is 492 g/mol. The minimum atomic E-state index is -0.247. The van der Waals surface area contributed by atoms with Crippen LogP contribution < -0.4 is 18.9 Å². The van der Waals surface area contributed by atoms with Crippen LogP contribution in [0.2, 0.25) is 0 Å². The predicted octanol–water partition coefficient (Wildman–Crippen LogP) is 4.54. The highest BCUT2D eigenvalue weighted by Gasteiger charge is 2.34. The maximum absolute atomic E-state index is 13.7. The van der Waals surface area contributed by atoms with E-state index in [1.54, 1.807) is 41.5 Å². The molecule has 0 unspecified atom stereocenters. The first-order valence-electron chi connectivity index (χ1n) is 12.3. The fourth-order valence-electron chi connectivity index (χ4n) is 4.66. The summed E-state index contributed by atoms with van der Waals surface area (Å²) in [5, 5.41) is 2.06. The molecule has 0 radical (unpaired) electrons. The Kier molecular flexibility index (Phi) is 7.23. The molecule has 2 amide bonds. The number of benzene rings is 2. The van der Waals surface area contributed by atoms with Gasteiger partial charge >= 0.3 is 0 Å². The van der Waals surface area contributed by atoms with E-state index in [0.29, 0.717) is 41.7 Å². The van der Waals surface area contributed by atoms with Gasteiger partial charge in [-0.3, -0.25) is 9.59 Å². The van der Waals surface area contributed by atoms with Gasteiger partial charge in [-0.2, -0.15) is 0 Å². The Balaban J connectivity index is 1.34. The number of thiophene rings is 1. The molecule has 3 heterocycles. The van der Waals surface area contributed by atoms with E-state index in [2.05, 4.69) is 11.4 Å². The van der Waals surface area contributed by atoms with Crippen molar-refractivity contribution < 1.29 is 28.5 Å². The quantitative estimate of drug-likeness (QED) is 0.432. The summed E-state index contributed by atoms with van der Waals surface area (Å²) in [6, 6.07) is 14.2. The molecule has 0 saturated carbocycles. The van der Waals surface area contributed by atoms with Crippen LogP contribution >= 0.6 is 11.3 Å². The minimum Gasteiger partial charge on any atom is -0.497 e. The van der Waals surface area contributed by atoms with Gasteiger partial charge in [0.15, 0.2) is 11.5 Å². The summed E-state index contributed by atoms with van der Waals surface area (Å²) < 4.78 is 22.2. The van der Waals surface area contributed by atoms with Crippen LogP contribution in [-0.4, -0.2) is 61.3 Å². The molecule has 9 heteroatoms. The highest BCUT2D eigenvalue weighted by atomic mass is 32.1. The van der Waals surface area contributed by atoms with E-state index in [0.717, 1.165) is 12.0 Å². The maximum Gasteiger partial charge on any atom is 0.254 e. The molecule has 3 aromatic rings. The monoisotopic (exact) mass is 522 g/mol. The first kappa shape index (κ1) is 25.0. The van der Waals surface area contributed by atoms with Crippen molar-refractivity contribution in [3.05, 3.63) is 69.9 Å². The van der Waals surface area contributed by atoms with Crippen molar-refractivity contribution in [1.29, 1.82) is 0 Å². The predicted molar refractivity (Wildman–Crippen MR) is 140 cm³/mol. The lowest BCUT2D eigenvalue weighted by Gasteiger charge is -2.37. The molecule has 5 rings (SSSR count). The van der Waals surface area contributed by atoms with Gasteiger partial charge in [0.05, 0.1) is 13.2 Å². The minimum absolute atomic E-state index is 0.0277. The number of carbonyl (C=O) groups is 2. The van der Waals surface area contributed by atoms with Crippen LogP contribution in [0.3, 0.4) is 0 Å². The van der Waals surface area contributed by atoms with Crippen molar-refractivity contribution in [1.82, 2.24) is 9.80 Å². The number of nitrogens with zero attached hydrogens (tertiary/aromatic N) is 2. The summed E-state index contributed by atoms with van der Waals surface area (Å²) >= 11 is 1.70. The lowest BCUT2D eigenvalue weighted by molar-refractivity contribution is -0.136. The molecule has 1 aromatic heterocycles. The van der Waals surface area contributed by atoms with E-state index in [9.17, 15) is 9.59 Å². The third-order valence-corrected chi connectivity index (χ3v) is 7.67. The Labute approximate surface area is 220 Å². The topological polar surface area (TPSA) is 77.5 Å². The molecule has 8 nitrogen and oxygen atoms in total. The number of rotatable bonds is 8. The zero-order valence-electron chi connectivity index (χ0n) is 21.1. The summed E-state index contributed by atoms with van der Waals surface area (Å²) in [4.78, 5) is 31.9. The van der Waals surface area contributed by atoms with Crippen LogP contribution in [0.5, 0.6) is 23.0 Å². The van der Waals surface area contributed by atoms with Gasteiger partial charge in [0, 0.05) is 29.1 Å². The molecule has 2 aliphatic rings. The third kappa shape index (κ3) is 5.22. The summed E-state index contributed by atoms with van der Waals surface area (Å²) in [5.41, 5.74) is 1.56. The number of hydrogen-bond donors (Lipinski definition) is 0. The zero-order chi connectivity index (χ0) is 25.9. The van der Waals surface area contributed by atoms with E-state index in [1.165, 1.54) is 4.88 Å². The number of fused-ring (bicyclic) bond motifs is 2. The second kappa shape index (κ2) is 10.7. The van der Waals surface area contributed by atoms with Crippen LogP contribution in [-0.2, 0) is 11.2 Å². The van der Waals surface area contributed by atoms with Gasteiger partial charge in [0.25, 0.3) is 5.91 Å². The van der Waals surface area contributed by atoms with Crippen molar-refractivity contribution in [2.45, 2.75) is 32.4 Å². The van der Waals surface area contributed by atoms with Gasteiger partial charge in [0.1, 0.15) is 24.7 Å². The summed E-state index contributed by atoms with van der Waals surface area (Å²) in [5.74, 6) is 2.20. The molecule has 0 spiro atoms. The Hall–Kier alpha value is -3.72. The van der Waals surface area contributed by atoms with E-state index in [1.807, 2.05) is 43.0 Å². The van der Waals surface area contributed by atoms with Gasteiger partial charge in [-0.15, -0.1) is 11.3 Å². The summed E-state index contributed by atoms with van der Waals surface area (Å²) in [6.07, 6.45) is 0.784.